The number of hydrogen-bond acceptors (Lipinski definition) is 5. The second kappa shape index (κ2) is 12.4. The summed E-state index contributed by atoms with van der Waals surface area (Å²) in [4.78, 5) is 29.0. The molecule has 7 heteroatoms. The number of hydrogen-bond donors (Lipinski definition) is 2. The van der Waals surface area contributed by atoms with Crippen LogP contribution in [0.5, 0.6) is 5.75 Å². The highest BCUT2D eigenvalue weighted by Crippen LogP contribution is 2.44. The Labute approximate surface area is 255 Å². The van der Waals surface area contributed by atoms with Gasteiger partial charge in [-0.1, -0.05) is 73.3 Å². The Morgan fingerprint density at radius 1 is 0.909 bits per heavy atom. The molecule has 6 rings (SSSR count). The van der Waals surface area contributed by atoms with Crippen molar-refractivity contribution in [3.63, 3.8) is 0 Å². The average molecular weight is 585 g/mol. The fourth-order valence-corrected chi connectivity index (χ4v) is 5.83. The summed E-state index contributed by atoms with van der Waals surface area (Å²) in [6, 6.07) is 29.0. The number of allylic oxidation sites excluding steroid dienone is 1. The summed E-state index contributed by atoms with van der Waals surface area (Å²) < 4.78 is 11.8. The lowest BCUT2D eigenvalue weighted by molar-refractivity contribution is 0.0696. The zero-order chi connectivity index (χ0) is 30.6. The second-order valence-electron chi connectivity index (χ2n) is 10.8. The van der Waals surface area contributed by atoms with Crippen molar-refractivity contribution in [3.8, 4) is 28.0 Å². The molecule has 4 aromatic carbocycles. The Hall–Kier alpha value is -5.43. The van der Waals surface area contributed by atoms with Gasteiger partial charge in [-0.25, -0.2) is 9.59 Å². The Kier molecular flexibility index (Phi) is 8.10. The van der Waals surface area contributed by atoms with E-state index in [4.69, 9.17) is 9.47 Å². The van der Waals surface area contributed by atoms with Gasteiger partial charge in [-0.15, -0.1) is 0 Å². The lowest BCUT2D eigenvalue weighted by Crippen LogP contribution is -2.27. The second-order valence-corrected chi connectivity index (χ2v) is 10.8. The van der Waals surface area contributed by atoms with Gasteiger partial charge >= 0.3 is 12.1 Å². The summed E-state index contributed by atoms with van der Waals surface area (Å²) in [6.45, 7) is 6.92. The largest absolute Gasteiger partial charge is 0.493 e. The van der Waals surface area contributed by atoms with Crippen molar-refractivity contribution in [2.75, 3.05) is 19.8 Å². The fourth-order valence-electron chi connectivity index (χ4n) is 5.83. The molecule has 0 aliphatic heterocycles. The predicted octanol–water partition coefficient (Wildman–Crippen LogP) is 7.94. The van der Waals surface area contributed by atoms with Crippen LogP contribution in [0.1, 0.15) is 46.3 Å². The van der Waals surface area contributed by atoms with E-state index >= 15 is 0 Å². The van der Waals surface area contributed by atoms with Crippen LogP contribution in [0, 0.1) is 0 Å². The highest BCUT2D eigenvalue weighted by atomic mass is 16.5. The number of amides is 1. The molecule has 0 unspecified atom stereocenters. The Morgan fingerprint density at radius 2 is 1.59 bits per heavy atom. The maximum atomic E-state index is 12.6. The maximum Gasteiger partial charge on any atom is 0.407 e. The lowest BCUT2D eigenvalue weighted by Gasteiger charge is -2.18. The Bertz CT molecular complexity index is 1850. The number of fused-ring (bicyclic) bond motifs is 4. The molecule has 0 radical (unpaired) electrons. The maximum absolute atomic E-state index is 12.6. The predicted molar refractivity (Wildman–Crippen MR) is 172 cm³/mol. The van der Waals surface area contributed by atoms with Crippen LogP contribution in [-0.4, -0.2) is 41.9 Å². The average Bonchev–Trinajstić information content (AvgIpc) is 3.36. The zero-order valence-corrected chi connectivity index (χ0v) is 24.4. The number of alkyl carbamates (subject to hydrolysis) is 1. The van der Waals surface area contributed by atoms with Gasteiger partial charge in [0.2, 0.25) is 0 Å². The molecular formula is C37H32N2O5. The van der Waals surface area contributed by atoms with E-state index in [-0.39, 0.29) is 18.1 Å². The number of carbonyl (C=O) groups excluding carboxylic acids is 1. The molecule has 5 aromatic rings. The Balaban J connectivity index is 1.11. The smallest absolute Gasteiger partial charge is 0.407 e. The lowest BCUT2D eigenvalue weighted by atomic mass is 9.92. The summed E-state index contributed by atoms with van der Waals surface area (Å²) >= 11 is 0. The molecule has 1 amide bonds. The van der Waals surface area contributed by atoms with E-state index in [0.717, 1.165) is 38.7 Å². The number of carboxylic acid groups (broad SMARTS) is 1. The van der Waals surface area contributed by atoms with E-state index in [2.05, 4.69) is 41.1 Å². The number of rotatable bonds is 10. The molecule has 0 spiro atoms. The van der Waals surface area contributed by atoms with Crippen LogP contribution in [0.15, 0.2) is 104 Å². The molecule has 0 bridgehead atoms. The number of carboxylic acids is 1. The van der Waals surface area contributed by atoms with Crippen molar-refractivity contribution in [1.29, 1.82) is 0 Å². The van der Waals surface area contributed by atoms with Gasteiger partial charge < -0.3 is 19.9 Å². The minimum absolute atomic E-state index is 0.00274. The van der Waals surface area contributed by atoms with Crippen LogP contribution >= 0.6 is 0 Å². The molecule has 44 heavy (non-hydrogen) atoms. The van der Waals surface area contributed by atoms with E-state index < -0.39 is 12.1 Å². The topological polar surface area (TPSA) is 97.8 Å². The number of pyridine rings is 1. The van der Waals surface area contributed by atoms with Crippen molar-refractivity contribution in [1.82, 2.24) is 10.3 Å². The summed E-state index contributed by atoms with van der Waals surface area (Å²) in [7, 11) is 0. The van der Waals surface area contributed by atoms with Crippen molar-refractivity contribution in [3.05, 3.63) is 126 Å². The SMILES string of the molecule is C=C(C)c1cnc2ccccc2c1-c1cc(C(=O)O)ccc1OCCCNC(=O)OCC1c2ccccc2-c2ccccc21. The summed E-state index contributed by atoms with van der Waals surface area (Å²) in [6.07, 6.45) is 1.80. The van der Waals surface area contributed by atoms with Crippen molar-refractivity contribution in [2.45, 2.75) is 19.3 Å². The quantitative estimate of drug-likeness (QED) is 0.162. The van der Waals surface area contributed by atoms with E-state index in [1.165, 1.54) is 17.2 Å². The fraction of sp³-hybridized carbons (Fsp3) is 0.162. The van der Waals surface area contributed by atoms with Crippen LogP contribution in [-0.2, 0) is 4.74 Å². The van der Waals surface area contributed by atoms with Gasteiger partial charge in [-0.3, -0.25) is 4.98 Å². The molecule has 7 nitrogen and oxygen atoms in total. The number of carbonyl (C=O) groups is 2. The van der Waals surface area contributed by atoms with Gasteiger partial charge in [-0.05, 0) is 65.4 Å². The highest BCUT2D eigenvalue weighted by molar-refractivity contribution is 6.02. The first-order valence-electron chi connectivity index (χ1n) is 14.6. The molecule has 1 heterocycles. The first kappa shape index (κ1) is 28.7. The molecule has 0 saturated carbocycles. The third-order valence-corrected chi connectivity index (χ3v) is 7.92. The molecule has 0 fully saturated rings. The van der Waals surface area contributed by atoms with Gasteiger partial charge in [0.15, 0.2) is 0 Å². The van der Waals surface area contributed by atoms with Gasteiger partial charge in [0.25, 0.3) is 0 Å². The monoisotopic (exact) mass is 584 g/mol. The normalized spacial score (nSPS) is 11.9. The van der Waals surface area contributed by atoms with Crippen LogP contribution in [0.4, 0.5) is 4.79 Å². The number of nitrogens with one attached hydrogen (secondary N) is 1. The van der Waals surface area contributed by atoms with Gasteiger partial charge in [0.05, 0.1) is 17.7 Å². The van der Waals surface area contributed by atoms with Gasteiger partial charge in [0, 0.05) is 40.7 Å². The molecule has 0 saturated heterocycles. The molecule has 0 atom stereocenters. The number of ether oxygens (including phenoxy) is 2. The Morgan fingerprint density at radius 3 is 2.30 bits per heavy atom. The molecular weight excluding hydrogens is 552 g/mol. The van der Waals surface area contributed by atoms with Crippen LogP contribution in [0.25, 0.3) is 38.7 Å². The molecule has 1 aliphatic rings. The zero-order valence-electron chi connectivity index (χ0n) is 24.4. The van der Waals surface area contributed by atoms with E-state index in [1.54, 1.807) is 18.3 Å². The first-order valence-corrected chi connectivity index (χ1v) is 14.6. The summed E-state index contributed by atoms with van der Waals surface area (Å²) in [5, 5.41) is 13.4. The number of benzene rings is 4. The summed E-state index contributed by atoms with van der Waals surface area (Å²) in [5.41, 5.74) is 8.70. The standard InChI is InChI=1S/C37H32N2O5/c1-23(2)31-21-39-33-15-8-7-14-29(33)35(31)30-20-24(36(40)41)16-17-34(30)43-19-9-18-38-37(42)44-22-32-27-12-5-3-10-25(27)26-11-4-6-13-28(26)32/h3-8,10-17,20-21,32H,1,9,18-19,22H2,2H3,(H,38,42)(H,40,41). The highest BCUT2D eigenvalue weighted by Gasteiger charge is 2.29. The van der Waals surface area contributed by atoms with Crippen molar-refractivity contribution < 1.29 is 24.2 Å². The van der Waals surface area contributed by atoms with E-state index in [9.17, 15) is 14.7 Å². The van der Waals surface area contributed by atoms with E-state index in [1.807, 2.05) is 55.5 Å². The van der Waals surface area contributed by atoms with Crippen molar-refractivity contribution >= 4 is 28.5 Å². The number of aromatic nitrogens is 1. The van der Waals surface area contributed by atoms with Crippen LogP contribution < -0.4 is 10.1 Å². The summed E-state index contributed by atoms with van der Waals surface area (Å²) in [5.74, 6) is -0.493. The minimum atomic E-state index is -1.03. The van der Waals surface area contributed by atoms with Crippen LogP contribution in [0.3, 0.4) is 0 Å². The first-order chi connectivity index (χ1) is 21.4. The molecule has 1 aliphatic carbocycles. The number of para-hydroxylation sites is 1. The number of nitrogens with zero attached hydrogens (tertiary/aromatic N) is 1. The minimum Gasteiger partial charge on any atom is -0.493 e. The van der Waals surface area contributed by atoms with Gasteiger partial charge in [-0.2, -0.15) is 0 Å². The third kappa shape index (κ3) is 5.64. The van der Waals surface area contributed by atoms with Gasteiger partial charge in [0.1, 0.15) is 12.4 Å². The number of aromatic carboxylic acids is 1. The molecule has 220 valence electrons. The van der Waals surface area contributed by atoms with Crippen molar-refractivity contribution in [2.24, 2.45) is 0 Å². The van der Waals surface area contributed by atoms with Crippen LogP contribution in [0.2, 0.25) is 0 Å². The third-order valence-electron chi connectivity index (χ3n) is 7.92. The molecule has 1 aromatic heterocycles. The van der Waals surface area contributed by atoms with E-state index in [0.29, 0.717) is 30.9 Å². The molecule has 2 N–H and O–H groups in total.